The number of nitrogens with one attached hydrogen (secondary N) is 1. The molecule has 11 nitrogen and oxygen atoms in total. The summed E-state index contributed by atoms with van der Waals surface area (Å²) in [5.41, 5.74) is 0.779. The van der Waals surface area contributed by atoms with Gasteiger partial charge in [-0.15, -0.1) is 0 Å². The average molecular weight is 352 g/mol. The number of hydrogen-bond acceptors (Lipinski definition) is 10. The van der Waals surface area contributed by atoms with E-state index in [9.17, 15) is 25.2 Å². The normalized spacial score (nSPS) is 26.2. The van der Waals surface area contributed by atoms with E-state index in [0.717, 1.165) is 0 Å². The first-order valence-corrected chi connectivity index (χ1v) is 7.76. The van der Waals surface area contributed by atoms with Crippen LogP contribution in [-0.2, 0) is 9.53 Å². The topological polar surface area (TPSA) is 166 Å². The van der Waals surface area contributed by atoms with Crippen molar-refractivity contribution in [2.45, 2.75) is 37.4 Å². The van der Waals surface area contributed by atoms with Crippen LogP contribution < -0.4 is 10.4 Å². The number of carboxylic acids is 1. The van der Waals surface area contributed by atoms with E-state index in [1.165, 1.54) is 17.2 Å². The predicted molar refractivity (Wildman–Crippen MR) is 81.1 cm³/mol. The van der Waals surface area contributed by atoms with Crippen molar-refractivity contribution in [3.8, 4) is 0 Å². The average Bonchev–Trinajstić information content (AvgIpc) is 3.14. The molecule has 1 aliphatic rings. The molecule has 0 bridgehead atoms. The molecule has 1 saturated heterocycles. The summed E-state index contributed by atoms with van der Waals surface area (Å²) in [6, 6.07) is 0. The quantitative estimate of drug-likeness (QED) is 0.387. The molecule has 0 saturated carbocycles. The van der Waals surface area contributed by atoms with Crippen molar-refractivity contribution < 1.29 is 30.0 Å². The molecule has 25 heavy (non-hydrogen) atoms. The summed E-state index contributed by atoms with van der Waals surface area (Å²) in [4.78, 5) is 22.8. The smallest absolute Gasteiger partial charge is 0.167 e. The predicted octanol–water partition coefficient (Wildman–Crippen LogP) is -2.62. The van der Waals surface area contributed by atoms with Gasteiger partial charge in [0.15, 0.2) is 23.2 Å². The zero-order chi connectivity index (χ0) is 18.0. The van der Waals surface area contributed by atoms with Crippen LogP contribution in [-0.4, -0.2) is 72.3 Å². The first-order chi connectivity index (χ1) is 12.0. The summed E-state index contributed by atoms with van der Waals surface area (Å²) in [6.07, 6.45) is -1.34. The van der Waals surface area contributed by atoms with Gasteiger partial charge in [-0.25, -0.2) is 15.0 Å². The molecule has 2 aromatic rings. The van der Waals surface area contributed by atoms with Crippen LogP contribution in [0.2, 0.25) is 0 Å². The highest BCUT2D eigenvalue weighted by Gasteiger charge is 2.44. The maximum Gasteiger partial charge on any atom is 0.167 e. The number of rotatable bonds is 7. The maximum absolute atomic E-state index is 10.4. The Labute approximate surface area is 141 Å². The van der Waals surface area contributed by atoms with Crippen molar-refractivity contribution in [1.82, 2.24) is 19.5 Å². The number of hydrogen-bond donors (Lipinski definition) is 4. The molecule has 0 unspecified atom stereocenters. The minimum atomic E-state index is -1.25. The highest BCUT2D eigenvalue weighted by molar-refractivity contribution is 5.82. The van der Waals surface area contributed by atoms with Crippen molar-refractivity contribution in [2.24, 2.45) is 0 Å². The highest BCUT2D eigenvalue weighted by atomic mass is 16.6. The fourth-order valence-electron chi connectivity index (χ4n) is 2.72. The molecule has 1 fully saturated rings. The Balaban J connectivity index is 1.80. The Hall–Kier alpha value is -2.34. The van der Waals surface area contributed by atoms with Crippen LogP contribution in [0.15, 0.2) is 12.7 Å². The van der Waals surface area contributed by atoms with E-state index < -0.39 is 37.1 Å². The van der Waals surface area contributed by atoms with Gasteiger partial charge in [0.1, 0.15) is 24.6 Å². The third-order valence-electron chi connectivity index (χ3n) is 4.00. The highest BCUT2D eigenvalue weighted by Crippen LogP contribution is 2.31. The number of carboxylic acid groups (broad SMARTS) is 1. The van der Waals surface area contributed by atoms with Gasteiger partial charge in [-0.1, -0.05) is 0 Å². The SMILES string of the molecule is O=C([O-])CCCNc1ncnc2c1ncn2[C@@H]1O[C@@H](CO)[C@@H](O)[C@@H]1O. The molecular weight excluding hydrogens is 334 g/mol. The number of fused-ring (bicyclic) bond motifs is 1. The molecule has 4 atom stereocenters. The van der Waals surface area contributed by atoms with Crippen LogP contribution in [0.25, 0.3) is 11.2 Å². The number of nitrogens with zero attached hydrogens (tertiary/aromatic N) is 4. The van der Waals surface area contributed by atoms with E-state index in [2.05, 4.69) is 20.3 Å². The van der Waals surface area contributed by atoms with Gasteiger partial charge in [-0.05, 0) is 12.8 Å². The number of aliphatic hydroxyl groups excluding tert-OH is 3. The second kappa shape index (κ2) is 7.27. The molecule has 0 aliphatic carbocycles. The first-order valence-electron chi connectivity index (χ1n) is 7.76. The van der Waals surface area contributed by atoms with Gasteiger partial charge in [-0.2, -0.15) is 0 Å². The molecule has 2 aromatic heterocycles. The second-order valence-electron chi connectivity index (χ2n) is 5.68. The molecule has 0 amide bonds. The fraction of sp³-hybridized carbons (Fsp3) is 0.571. The van der Waals surface area contributed by atoms with Gasteiger partial charge in [0.05, 0.1) is 12.9 Å². The zero-order valence-corrected chi connectivity index (χ0v) is 13.1. The van der Waals surface area contributed by atoms with E-state index in [0.29, 0.717) is 29.9 Å². The maximum atomic E-state index is 10.4. The summed E-state index contributed by atoms with van der Waals surface area (Å²) in [5.74, 6) is -0.711. The Bertz CT molecular complexity index is 752. The third kappa shape index (κ3) is 3.39. The van der Waals surface area contributed by atoms with Gasteiger partial charge in [0, 0.05) is 12.5 Å². The Morgan fingerprint density at radius 3 is 2.80 bits per heavy atom. The standard InChI is InChI=1S/C14H19N5O6/c20-4-7-10(23)11(24)14(25-7)19-6-18-9-12(16-5-17-13(9)19)15-3-1-2-8(21)22/h5-7,10-11,14,20,23-24H,1-4H2,(H,21,22)(H,15,16,17)/p-1/t7-,10+,11-,14+/m0/s1. The van der Waals surface area contributed by atoms with Gasteiger partial charge in [-0.3, -0.25) is 4.57 Å². The number of ether oxygens (including phenoxy) is 1. The fourth-order valence-corrected chi connectivity index (χ4v) is 2.72. The lowest BCUT2D eigenvalue weighted by atomic mass is 10.1. The van der Waals surface area contributed by atoms with Gasteiger partial charge in [0.25, 0.3) is 0 Å². The van der Waals surface area contributed by atoms with E-state index in [1.807, 2.05) is 0 Å². The van der Waals surface area contributed by atoms with Crippen molar-refractivity contribution in [2.75, 3.05) is 18.5 Å². The Morgan fingerprint density at radius 2 is 2.12 bits per heavy atom. The number of aliphatic hydroxyl groups is 3. The summed E-state index contributed by atoms with van der Waals surface area (Å²) in [5, 5.41) is 42.6. The van der Waals surface area contributed by atoms with Gasteiger partial charge in [0.2, 0.25) is 0 Å². The van der Waals surface area contributed by atoms with Crippen molar-refractivity contribution in [3.63, 3.8) is 0 Å². The number of carbonyl (C=O) groups is 1. The lowest BCUT2D eigenvalue weighted by molar-refractivity contribution is -0.305. The van der Waals surface area contributed by atoms with E-state index in [4.69, 9.17) is 4.74 Å². The van der Waals surface area contributed by atoms with Gasteiger partial charge < -0.3 is 35.3 Å². The van der Waals surface area contributed by atoms with Crippen molar-refractivity contribution in [1.29, 1.82) is 0 Å². The van der Waals surface area contributed by atoms with E-state index in [-0.39, 0.29) is 6.42 Å². The molecular formula is C14H18N5O6-. The minimum absolute atomic E-state index is 0.0712. The number of aliphatic carboxylic acids is 1. The number of imidazole rings is 1. The summed E-state index contributed by atoms with van der Waals surface area (Å²) in [6.45, 7) is -0.0671. The summed E-state index contributed by atoms with van der Waals surface area (Å²) in [7, 11) is 0. The number of anilines is 1. The van der Waals surface area contributed by atoms with Crippen LogP contribution in [0.5, 0.6) is 0 Å². The zero-order valence-electron chi connectivity index (χ0n) is 13.1. The molecule has 0 radical (unpaired) electrons. The lowest BCUT2D eigenvalue weighted by Gasteiger charge is -2.16. The van der Waals surface area contributed by atoms with Gasteiger partial charge >= 0.3 is 0 Å². The molecule has 0 spiro atoms. The monoisotopic (exact) mass is 352 g/mol. The van der Waals surface area contributed by atoms with Crippen LogP contribution in [0.3, 0.4) is 0 Å². The first kappa shape index (κ1) is 17.5. The van der Waals surface area contributed by atoms with E-state index in [1.54, 1.807) is 0 Å². The third-order valence-corrected chi connectivity index (χ3v) is 4.00. The molecule has 3 heterocycles. The van der Waals surface area contributed by atoms with Crippen molar-refractivity contribution in [3.05, 3.63) is 12.7 Å². The van der Waals surface area contributed by atoms with Crippen molar-refractivity contribution >= 4 is 23.0 Å². The molecule has 11 heteroatoms. The molecule has 4 N–H and O–H groups in total. The Kier molecular flexibility index (Phi) is 5.08. The van der Waals surface area contributed by atoms with Crippen LogP contribution in [0.4, 0.5) is 5.82 Å². The summed E-state index contributed by atoms with van der Waals surface area (Å²) < 4.78 is 6.92. The number of carbonyl (C=O) groups excluding carboxylic acids is 1. The second-order valence-corrected chi connectivity index (χ2v) is 5.68. The van der Waals surface area contributed by atoms with Crippen LogP contribution in [0, 0.1) is 0 Å². The largest absolute Gasteiger partial charge is 0.550 e. The summed E-state index contributed by atoms with van der Waals surface area (Å²) >= 11 is 0. The minimum Gasteiger partial charge on any atom is -0.550 e. The molecule has 136 valence electrons. The molecule has 1 aliphatic heterocycles. The molecule has 3 rings (SSSR count). The lowest BCUT2D eigenvalue weighted by Crippen LogP contribution is -2.33. The van der Waals surface area contributed by atoms with Crippen LogP contribution >= 0.6 is 0 Å². The Morgan fingerprint density at radius 1 is 1.32 bits per heavy atom. The molecule has 0 aromatic carbocycles. The van der Waals surface area contributed by atoms with E-state index >= 15 is 0 Å². The number of aromatic nitrogens is 4. The van der Waals surface area contributed by atoms with Crippen LogP contribution in [0.1, 0.15) is 19.1 Å².